The van der Waals surface area contributed by atoms with E-state index < -0.39 is 28.1 Å². The van der Waals surface area contributed by atoms with Crippen molar-refractivity contribution in [2.75, 3.05) is 31.9 Å². The zero-order valence-electron chi connectivity index (χ0n) is 23.3. The van der Waals surface area contributed by atoms with Crippen LogP contribution in [-0.4, -0.2) is 77.7 Å². The van der Waals surface area contributed by atoms with Crippen LogP contribution in [0.5, 0.6) is 0 Å². The highest BCUT2D eigenvalue weighted by atomic mass is 32.2. The second-order valence-electron chi connectivity index (χ2n) is 10.6. The van der Waals surface area contributed by atoms with Gasteiger partial charge < -0.3 is 15.8 Å². The van der Waals surface area contributed by atoms with Gasteiger partial charge in [0.05, 0.1) is 16.8 Å². The first kappa shape index (κ1) is 31.5. The van der Waals surface area contributed by atoms with Crippen molar-refractivity contribution in [1.29, 1.82) is 0 Å². The Bertz CT molecular complexity index is 1540. The number of primary amides is 1. The Morgan fingerprint density at radius 3 is 2.26 bits per heavy atom. The molecule has 228 valence electrons. The molecule has 2 aliphatic heterocycles. The van der Waals surface area contributed by atoms with Crippen LogP contribution in [0.3, 0.4) is 0 Å². The molecule has 3 aromatic rings. The minimum Gasteiger partial charge on any atom is -0.475 e. The van der Waals surface area contributed by atoms with Gasteiger partial charge in [0.1, 0.15) is 0 Å². The lowest BCUT2D eigenvalue weighted by Gasteiger charge is -2.31. The molecule has 3 heterocycles. The van der Waals surface area contributed by atoms with E-state index in [0.717, 1.165) is 60.1 Å². The molecule has 0 saturated carbocycles. The number of fused-ring (bicyclic) bond motifs is 1. The summed E-state index contributed by atoms with van der Waals surface area (Å²) < 4.78 is 57.9. The topological polar surface area (TPSA) is 137 Å². The molecule has 1 aromatic heterocycles. The number of amides is 1. The van der Waals surface area contributed by atoms with Gasteiger partial charge in [-0.2, -0.15) is 13.2 Å². The lowest BCUT2D eigenvalue weighted by Crippen LogP contribution is -2.38. The van der Waals surface area contributed by atoms with E-state index in [0.29, 0.717) is 18.7 Å². The fourth-order valence-electron chi connectivity index (χ4n) is 5.63. The van der Waals surface area contributed by atoms with Crippen molar-refractivity contribution >= 4 is 32.8 Å². The lowest BCUT2D eigenvalue weighted by atomic mass is 9.88. The molecule has 0 radical (unpaired) electrons. The number of rotatable bonds is 7. The third kappa shape index (κ3) is 7.31. The number of aromatic amines is 1. The number of nitrogens with one attached hydrogen (secondary N) is 1. The van der Waals surface area contributed by atoms with Crippen molar-refractivity contribution in [2.24, 2.45) is 5.73 Å². The van der Waals surface area contributed by atoms with E-state index in [9.17, 15) is 26.4 Å². The summed E-state index contributed by atoms with van der Waals surface area (Å²) in [7, 11) is -3.17. The Balaban J connectivity index is 0.000000517. The van der Waals surface area contributed by atoms with Crippen LogP contribution in [0.15, 0.2) is 42.6 Å². The standard InChI is InChI=1S/C27H34N4O3S.C2HF3O2/c1-2-35(33,34)31-12-8-20(9-13-31)25-17-29-26-23(25)15-22(16-24(26)27(28)32)21-7-5-6-19(14-21)18-30-10-3-4-11-30;3-2(4,5)1(6)7/h5-7,14-17,20,29H,2-4,8-13,18H2,1H3,(H2,28,32);(H,6,7). The number of benzene rings is 2. The van der Waals surface area contributed by atoms with Crippen molar-refractivity contribution in [3.05, 3.63) is 59.3 Å². The van der Waals surface area contributed by atoms with Gasteiger partial charge in [-0.05, 0) is 92.1 Å². The normalized spacial score (nSPS) is 17.2. The number of alkyl halides is 3. The number of carboxylic acid groups (broad SMARTS) is 1. The summed E-state index contributed by atoms with van der Waals surface area (Å²) in [5.74, 6) is -2.85. The van der Waals surface area contributed by atoms with Crippen molar-refractivity contribution in [3.63, 3.8) is 0 Å². The first-order valence-electron chi connectivity index (χ1n) is 13.8. The van der Waals surface area contributed by atoms with Crippen LogP contribution in [0, 0.1) is 0 Å². The van der Waals surface area contributed by atoms with Gasteiger partial charge in [0.2, 0.25) is 10.0 Å². The number of aliphatic carboxylic acids is 1. The first-order chi connectivity index (χ1) is 19.8. The molecule has 13 heteroatoms. The van der Waals surface area contributed by atoms with Crippen LogP contribution in [0.1, 0.15) is 60.0 Å². The predicted octanol–water partition coefficient (Wildman–Crippen LogP) is 4.69. The number of carbonyl (C=O) groups is 2. The Kier molecular flexibility index (Phi) is 9.63. The summed E-state index contributed by atoms with van der Waals surface area (Å²) in [5, 5.41) is 8.12. The predicted molar refractivity (Wildman–Crippen MR) is 153 cm³/mol. The third-order valence-corrected chi connectivity index (χ3v) is 9.73. The molecule has 9 nitrogen and oxygen atoms in total. The molecule has 4 N–H and O–H groups in total. The summed E-state index contributed by atoms with van der Waals surface area (Å²) in [6, 6.07) is 12.6. The third-order valence-electron chi connectivity index (χ3n) is 7.85. The van der Waals surface area contributed by atoms with Crippen molar-refractivity contribution < 1.29 is 36.3 Å². The number of likely N-dealkylation sites (tertiary alicyclic amines) is 1. The Morgan fingerprint density at radius 1 is 1.05 bits per heavy atom. The van der Waals surface area contributed by atoms with Gasteiger partial charge >= 0.3 is 12.1 Å². The SMILES string of the molecule is CCS(=O)(=O)N1CCC(c2c[nH]c3c(C(N)=O)cc(-c4cccc(CN5CCCC5)c4)cc23)CC1.O=C(O)C(F)(F)F. The molecule has 2 fully saturated rings. The number of carboxylic acids is 1. The number of halogens is 3. The Labute approximate surface area is 242 Å². The average molecular weight is 609 g/mol. The van der Waals surface area contributed by atoms with Gasteiger partial charge in [-0.3, -0.25) is 9.69 Å². The number of H-pyrrole nitrogens is 1. The summed E-state index contributed by atoms with van der Waals surface area (Å²) >= 11 is 0. The molecule has 0 spiro atoms. The van der Waals surface area contributed by atoms with Gasteiger partial charge in [0.15, 0.2) is 0 Å². The molecule has 0 bridgehead atoms. The minimum absolute atomic E-state index is 0.132. The van der Waals surface area contributed by atoms with Gasteiger partial charge in [0, 0.05) is 31.2 Å². The first-order valence-corrected chi connectivity index (χ1v) is 15.5. The summed E-state index contributed by atoms with van der Waals surface area (Å²) in [5.41, 5.74) is 11.5. The van der Waals surface area contributed by atoms with Crippen molar-refractivity contribution in [1.82, 2.24) is 14.2 Å². The maximum Gasteiger partial charge on any atom is 0.490 e. The fourth-order valence-corrected chi connectivity index (χ4v) is 6.76. The van der Waals surface area contributed by atoms with Gasteiger partial charge in [-0.15, -0.1) is 0 Å². The lowest BCUT2D eigenvalue weighted by molar-refractivity contribution is -0.192. The molecule has 2 aromatic carbocycles. The van der Waals surface area contributed by atoms with E-state index in [1.807, 2.05) is 12.3 Å². The zero-order valence-corrected chi connectivity index (χ0v) is 24.1. The van der Waals surface area contributed by atoms with E-state index in [2.05, 4.69) is 40.2 Å². The van der Waals surface area contributed by atoms with Crippen LogP contribution in [0.4, 0.5) is 13.2 Å². The second-order valence-corrected chi connectivity index (χ2v) is 12.9. The number of aromatic nitrogens is 1. The molecule has 0 atom stereocenters. The highest BCUT2D eigenvalue weighted by Gasteiger charge is 2.38. The molecular weight excluding hydrogens is 573 g/mol. The number of piperidine rings is 1. The minimum atomic E-state index is -5.08. The van der Waals surface area contributed by atoms with Gasteiger partial charge in [-0.25, -0.2) is 17.5 Å². The van der Waals surface area contributed by atoms with E-state index in [4.69, 9.17) is 15.6 Å². The highest BCUT2D eigenvalue weighted by molar-refractivity contribution is 7.89. The fraction of sp³-hybridized carbons (Fsp3) is 0.448. The number of nitrogens with two attached hydrogens (primary N) is 1. The zero-order chi connectivity index (χ0) is 30.7. The van der Waals surface area contributed by atoms with Crippen LogP contribution < -0.4 is 5.73 Å². The molecule has 2 saturated heterocycles. The quantitative estimate of drug-likeness (QED) is 0.356. The monoisotopic (exact) mass is 608 g/mol. The van der Waals surface area contributed by atoms with E-state index in [-0.39, 0.29) is 11.7 Å². The van der Waals surface area contributed by atoms with E-state index in [1.54, 1.807) is 11.2 Å². The molecule has 1 amide bonds. The van der Waals surface area contributed by atoms with E-state index in [1.165, 1.54) is 18.4 Å². The summed E-state index contributed by atoms with van der Waals surface area (Å²) in [6.07, 6.45) is 0.927. The maximum absolute atomic E-state index is 12.4. The molecular formula is C29H35F3N4O5S. The van der Waals surface area contributed by atoms with Gasteiger partial charge in [-0.1, -0.05) is 18.2 Å². The highest BCUT2D eigenvalue weighted by Crippen LogP contribution is 2.37. The molecule has 0 aliphatic carbocycles. The van der Waals surface area contributed by atoms with Crippen molar-refractivity contribution in [3.8, 4) is 11.1 Å². The van der Waals surface area contributed by atoms with E-state index >= 15 is 0 Å². The molecule has 42 heavy (non-hydrogen) atoms. The van der Waals surface area contributed by atoms with Crippen LogP contribution >= 0.6 is 0 Å². The summed E-state index contributed by atoms with van der Waals surface area (Å²) in [6.45, 7) is 5.96. The smallest absolute Gasteiger partial charge is 0.475 e. The van der Waals surface area contributed by atoms with Crippen LogP contribution in [-0.2, 0) is 21.4 Å². The number of carbonyl (C=O) groups excluding carboxylic acids is 1. The Morgan fingerprint density at radius 2 is 1.69 bits per heavy atom. The number of sulfonamides is 1. The number of hydrogen-bond donors (Lipinski definition) is 3. The molecule has 0 unspecified atom stereocenters. The summed E-state index contributed by atoms with van der Waals surface area (Å²) in [4.78, 5) is 27.1. The average Bonchev–Trinajstić information content (AvgIpc) is 3.62. The Hall–Kier alpha value is -3.42. The second kappa shape index (κ2) is 12.8. The number of nitrogens with zero attached hydrogens (tertiary/aromatic N) is 2. The molecule has 2 aliphatic rings. The number of hydrogen-bond acceptors (Lipinski definition) is 5. The maximum atomic E-state index is 12.4. The van der Waals surface area contributed by atoms with Gasteiger partial charge in [0.25, 0.3) is 5.91 Å². The largest absolute Gasteiger partial charge is 0.490 e. The van der Waals surface area contributed by atoms with Crippen LogP contribution in [0.2, 0.25) is 0 Å². The van der Waals surface area contributed by atoms with Crippen molar-refractivity contribution in [2.45, 2.75) is 51.2 Å². The van der Waals surface area contributed by atoms with Crippen LogP contribution in [0.25, 0.3) is 22.0 Å². The molecule has 5 rings (SSSR count).